The lowest BCUT2D eigenvalue weighted by Crippen LogP contribution is -2.04. The van der Waals surface area contributed by atoms with E-state index in [4.69, 9.17) is 32.7 Å². The van der Waals surface area contributed by atoms with Crippen molar-refractivity contribution in [2.24, 2.45) is 0 Å². The van der Waals surface area contributed by atoms with Crippen molar-refractivity contribution >= 4 is 57.2 Å². The summed E-state index contributed by atoms with van der Waals surface area (Å²) in [4.78, 5) is 17.1. The van der Waals surface area contributed by atoms with Gasteiger partial charge in [0, 0.05) is 11.4 Å². The number of hydrogen-bond donors (Lipinski definition) is 2. The fraction of sp³-hybridized carbons (Fsp3) is 0.100. The van der Waals surface area contributed by atoms with E-state index < -0.39 is 0 Å². The Labute approximate surface area is 182 Å². The van der Waals surface area contributed by atoms with Crippen LogP contribution in [-0.4, -0.2) is 34.2 Å². The molecule has 0 radical (unpaired) electrons. The molecule has 4 rings (SSSR count). The average molecular weight is 443 g/mol. The van der Waals surface area contributed by atoms with Gasteiger partial charge in [0.05, 0.1) is 14.2 Å². The summed E-state index contributed by atoms with van der Waals surface area (Å²) in [5.74, 6) is 2.28. The summed E-state index contributed by atoms with van der Waals surface area (Å²) in [5, 5.41) is 6.46. The summed E-state index contributed by atoms with van der Waals surface area (Å²) in [7, 11) is 3.22. The smallest absolute Gasteiger partial charge is 0.225 e. The molecule has 0 aliphatic rings. The van der Waals surface area contributed by atoms with Gasteiger partial charge in [0.25, 0.3) is 0 Å². The van der Waals surface area contributed by atoms with Crippen molar-refractivity contribution in [1.29, 1.82) is 0 Å². The normalized spacial score (nSPS) is 10.7. The first kappa shape index (κ1) is 19.9. The van der Waals surface area contributed by atoms with E-state index in [1.165, 1.54) is 0 Å². The molecule has 2 heterocycles. The molecule has 0 atom stereocenters. The SMILES string of the molecule is COc1ccc(Nc2nc(Cl)nc3c(Nc4ccc(OC)cc4)nc(Cl)nc23)cc1. The van der Waals surface area contributed by atoms with Crippen LogP contribution in [0.15, 0.2) is 48.5 Å². The van der Waals surface area contributed by atoms with E-state index in [0.717, 1.165) is 22.9 Å². The average Bonchev–Trinajstić information content (AvgIpc) is 2.75. The lowest BCUT2D eigenvalue weighted by atomic mass is 10.3. The summed E-state index contributed by atoms with van der Waals surface area (Å²) < 4.78 is 10.4. The summed E-state index contributed by atoms with van der Waals surface area (Å²) in [6.07, 6.45) is 0. The van der Waals surface area contributed by atoms with E-state index in [0.29, 0.717) is 22.7 Å². The third-order valence-electron chi connectivity index (χ3n) is 4.19. The predicted octanol–water partition coefficient (Wildman–Crippen LogP) is 5.23. The van der Waals surface area contributed by atoms with Gasteiger partial charge >= 0.3 is 0 Å². The van der Waals surface area contributed by atoms with Crippen LogP contribution in [0.3, 0.4) is 0 Å². The number of methoxy groups -OCH3 is 2. The number of aromatic nitrogens is 4. The van der Waals surface area contributed by atoms with E-state index in [2.05, 4.69) is 30.6 Å². The van der Waals surface area contributed by atoms with Gasteiger partial charge in [-0.15, -0.1) is 0 Å². The molecule has 10 heteroatoms. The summed E-state index contributed by atoms with van der Waals surface area (Å²) in [5.41, 5.74) is 2.38. The highest BCUT2D eigenvalue weighted by Crippen LogP contribution is 2.31. The fourth-order valence-electron chi connectivity index (χ4n) is 2.76. The Morgan fingerprint density at radius 2 is 0.967 bits per heavy atom. The van der Waals surface area contributed by atoms with Gasteiger partial charge in [-0.3, -0.25) is 0 Å². The highest BCUT2D eigenvalue weighted by atomic mass is 35.5. The van der Waals surface area contributed by atoms with Crippen LogP contribution in [0.2, 0.25) is 10.6 Å². The number of halogens is 2. The zero-order valence-corrected chi connectivity index (χ0v) is 17.5. The van der Waals surface area contributed by atoms with E-state index in [9.17, 15) is 0 Å². The summed E-state index contributed by atoms with van der Waals surface area (Å²) in [6, 6.07) is 14.7. The maximum Gasteiger partial charge on any atom is 0.225 e. The van der Waals surface area contributed by atoms with Crippen molar-refractivity contribution in [3.63, 3.8) is 0 Å². The van der Waals surface area contributed by atoms with Gasteiger partial charge in [-0.05, 0) is 71.7 Å². The van der Waals surface area contributed by atoms with Crippen LogP contribution in [-0.2, 0) is 0 Å². The molecule has 4 aromatic rings. The molecule has 0 aliphatic carbocycles. The van der Waals surface area contributed by atoms with Gasteiger partial charge in [0.1, 0.15) is 22.5 Å². The zero-order valence-electron chi connectivity index (χ0n) is 16.0. The van der Waals surface area contributed by atoms with E-state index in [-0.39, 0.29) is 10.6 Å². The molecule has 8 nitrogen and oxygen atoms in total. The number of ether oxygens (including phenoxy) is 2. The Morgan fingerprint density at radius 3 is 1.30 bits per heavy atom. The lowest BCUT2D eigenvalue weighted by molar-refractivity contribution is 0.415. The Hall–Kier alpha value is -3.36. The quantitative estimate of drug-likeness (QED) is 0.391. The van der Waals surface area contributed by atoms with Crippen molar-refractivity contribution in [2.45, 2.75) is 0 Å². The minimum atomic E-state index is 0.0437. The monoisotopic (exact) mass is 442 g/mol. The molecule has 0 unspecified atom stereocenters. The second-order valence-electron chi connectivity index (χ2n) is 6.09. The molecule has 0 fully saturated rings. The van der Waals surface area contributed by atoms with Gasteiger partial charge in [-0.1, -0.05) is 0 Å². The lowest BCUT2D eigenvalue weighted by Gasteiger charge is -2.12. The Bertz CT molecular complexity index is 1090. The summed E-state index contributed by atoms with van der Waals surface area (Å²) >= 11 is 12.4. The van der Waals surface area contributed by atoms with E-state index in [1.54, 1.807) is 14.2 Å². The predicted molar refractivity (Wildman–Crippen MR) is 118 cm³/mol. The molecule has 30 heavy (non-hydrogen) atoms. The highest BCUT2D eigenvalue weighted by Gasteiger charge is 2.16. The van der Waals surface area contributed by atoms with Crippen LogP contribution in [0, 0.1) is 0 Å². The van der Waals surface area contributed by atoms with Crippen molar-refractivity contribution < 1.29 is 9.47 Å². The second kappa shape index (κ2) is 8.56. The maximum absolute atomic E-state index is 6.18. The van der Waals surface area contributed by atoms with E-state index >= 15 is 0 Å². The molecule has 0 bridgehead atoms. The number of hydrogen-bond acceptors (Lipinski definition) is 8. The molecule has 2 aromatic carbocycles. The fourth-order valence-corrected chi connectivity index (χ4v) is 3.10. The van der Waals surface area contributed by atoms with Crippen molar-refractivity contribution in [3.05, 3.63) is 59.1 Å². The number of fused-ring (bicyclic) bond motifs is 1. The molecule has 0 saturated carbocycles. The Kier molecular flexibility index (Phi) is 5.69. The zero-order chi connectivity index (χ0) is 21.1. The first-order valence-corrected chi connectivity index (χ1v) is 9.54. The Balaban J connectivity index is 1.74. The molecular formula is C20H16Cl2N6O2. The highest BCUT2D eigenvalue weighted by molar-refractivity contribution is 6.30. The molecule has 0 saturated heterocycles. The molecule has 2 N–H and O–H groups in total. The standard InChI is InChI=1S/C20H16Cl2N6O2/c1-29-13-7-3-11(4-8-13)23-17-15-16(26-19(21)27-17)18(28-20(22)25-15)24-12-5-9-14(30-2)10-6-12/h3-10H,1-2H3,(H,23,26,27)(H,24,25,28). The van der Waals surface area contributed by atoms with E-state index in [1.807, 2.05) is 48.5 Å². The van der Waals surface area contributed by atoms with Crippen LogP contribution in [0.1, 0.15) is 0 Å². The largest absolute Gasteiger partial charge is 0.497 e. The molecule has 0 aliphatic heterocycles. The summed E-state index contributed by atoms with van der Waals surface area (Å²) in [6.45, 7) is 0. The van der Waals surface area contributed by atoms with Gasteiger partial charge in [-0.2, -0.15) is 9.97 Å². The third kappa shape index (κ3) is 4.29. The molecule has 0 amide bonds. The van der Waals surface area contributed by atoms with Crippen molar-refractivity contribution in [2.75, 3.05) is 24.9 Å². The number of benzene rings is 2. The minimum Gasteiger partial charge on any atom is -0.497 e. The van der Waals surface area contributed by atoms with Crippen LogP contribution in [0.25, 0.3) is 11.0 Å². The number of nitrogens with one attached hydrogen (secondary N) is 2. The van der Waals surface area contributed by atoms with Crippen molar-refractivity contribution in [3.8, 4) is 11.5 Å². The van der Waals surface area contributed by atoms with Gasteiger partial charge in [-0.25, -0.2) is 9.97 Å². The number of nitrogens with zero attached hydrogens (tertiary/aromatic N) is 4. The molecule has 152 valence electrons. The second-order valence-corrected chi connectivity index (χ2v) is 6.76. The van der Waals surface area contributed by atoms with Gasteiger partial charge in [0.15, 0.2) is 11.6 Å². The van der Waals surface area contributed by atoms with Crippen LogP contribution in [0.4, 0.5) is 23.0 Å². The van der Waals surface area contributed by atoms with Crippen LogP contribution >= 0.6 is 23.2 Å². The molecule has 2 aromatic heterocycles. The molecule has 0 spiro atoms. The molecular weight excluding hydrogens is 427 g/mol. The third-order valence-corrected chi connectivity index (χ3v) is 4.53. The number of anilines is 4. The minimum absolute atomic E-state index is 0.0437. The van der Waals surface area contributed by atoms with Crippen LogP contribution < -0.4 is 20.1 Å². The Morgan fingerprint density at radius 1 is 0.600 bits per heavy atom. The number of rotatable bonds is 6. The topological polar surface area (TPSA) is 94.1 Å². The van der Waals surface area contributed by atoms with Crippen LogP contribution in [0.5, 0.6) is 11.5 Å². The van der Waals surface area contributed by atoms with Gasteiger partial charge in [0.2, 0.25) is 10.6 Å². The van der Waals surface area contributed by atoms with Gasteiger partial charge < -0.3 is 20.1 Å². The van der Waals surface area contributed by atoms with Crippen molar-refractivity contribution in [1.82, 2.24) is 19.9 Å². The maximum atomic E-state index is 6.18. The first-order valence-electron chi connectivity index (χ1n) is 8.78. The first-order chi connectivity index (χ1) is 14.6.